The quantitative estimate of drug-likeness (QED) is 0.0663. The maximum absolute atomic E-state index is 12.8. The van der Waals surface area contributed by atoms with E-state index in [-0.39, 0.29) is 17.2 Å². The van der Waals surface area contributed by atoms with Gasteiger partial charge in [0, 0.05) is 32.9 Å². The molecule has 0 atom stereocenters. The lowest BCUT2D eigenvalue weighted by atomic mass is 10.1. The minimum absolute atomic E-state index is 0.233. The largest absolute Gasteiger partial charge is 0.497 e. The van der Waals surface area contributed by atoms with Crippen LogP contribution in [0.2, 0.25) is 0 Å². The van der Waals surface area contributed by atoms with Crippen LogP contribution in [0.5, 0.6) is 11.5 Å². The van der Waals surface area contributed by atoms with Crippen molar-refractivity contribution in [2.75, 3.05) is 12.4 Å². The Morgan fingerprint density at radius 2 is 1.56 bits per heavy atom. The number of rotatable bonds is 9. The molecule has 4 rings (SSSR count). The smallest absolute Gasteiger partial charge is 0.336 e. The first-order valence-electron chi connectivity index (χ1n) is 12.2. The molecule has 2 N–H and O–H groups in total. The molecule has 41 heavy (non-hydrogen) atoms. The predicted molar refractivity (Wildman–Crippen MR) is 165 cm³/mol. The fourth-order valence-electron chi connectivity index (χ4n) is 3.58. The molecular formula is C31H23Br2N3O5. The van der Waals surface area contributed by atoms with Crippen LogP contribution in [-0.2, 0) is 4.79 Å². The van der Waals surface area contributed by atoms with Gasteiger partial charge in [0.1, 0.15) is 5.75 Å². The highest BCUT2D eigenvalue weighted by Gasteiger charge is 2.13. The van der Waals surface area contributed by atoms with E-state index in [0.29, 0.717) is 31.5 Å². The Labute approximate surface area is 253 Å². The topological polar surface area (TPSA) is 106 Å². The van der Waals surface area contributed by atoms with Crippen LogP contribution < -0.4 is 20.2 Å². The predicted octanol–water partition coefficient (Wildman–Crippen LogP) is 6.86. The molecule has 0 saturated carbocycles. The van der Waals surface area contributed by atoms with E-state index in [2.05, 4.69) is 47.7 Å². The molecule has 0 aliphatic rings. The van der Waals surface area contributed by atoms with Crippen LogP contribution in [0.1, 0.15) is 31.8 Å². The summed E-state index contributed by atoms with van der Waals surface area (Å²) in [6.07, 6.45) is 4.34. The number of halogens is 2. The molecule has 0 aromatic heterocycles. The number of anilines is 1. The number of esters is 1. The number of carbonyl (C=O) groups is 3. The van der Waals surface area contributed by atoms with Crippen molar-refractivity contribution in [3.8, 4) is 11.5 Å². The molecular weight excluding hydrogens is 654 g/mol. The van der Waals surface area contributed by atoms with Crippen LogP contribution in [0.3, 0.4) is 0 Å². The van der Waals surface area contributed by atoms with Crippen LogP contribution in [0, 0.1) is 0 Å². The zero-order chi connectivity index (χ0) is 29.2. The van der Waals surface area contributed by atoms with E-state index >= 15 is 0 Å². The standard InChI is InChI=1S/C31H23Br2N3O5/c1-40-26-12-6-10-22(17-26)30(38)35-25-11-5-9-21(16-25)31(39)36-34-19-23-15-24(32)18-27(33)29(23)41-28(37)14-13-20-7-3-2-4-8-20/h2-19H,1H3,(H,35,38)(H,36,39)/b14-13+,34-19?. The second kappa shape index (κ2) is 14.2. The van der Waals surface area contributed by atoms with Crippen molar-refractivity contribution in [2.24, 2.45) is 5.10 Å². The first-order valence-corrected chi connectivity index (χ1v) is 13.7. The third-order valence-electron chi connectivity index (χ3n) is 5.54. The number of hydrogen-bond acceptors (Lipinski definition) is 6. The number of nitrogens with zero attached hydrogens (tertiary/aromatic N) is 1. The monoisotopic (exact) mass is 675 g/mol. The van der Waals surface area contributed by atoms with Crippen molar-refractivity contribution >= 4 is 67.6 Å². The molecule has 0 radical (unpaired) electrons. The van der Waals surface area contributed by atoms with E-state index in [1.807, 2.05) is 30.3 Å². The molecule has 0 heterocycles. The van der Waals surface area contributed by atoms with E-state index < -0.39 is 11.9 Å². The Balaban J connectivity index is 1.43. The highest BCUT2D eigenvalue weighted by atomic mass is 79.9. The van der Waals surface area contributed by atoms with Gasteiger partial charge in [0.2, 0.25) is 0 Å². The minimum Gasteiger partial charge on any atom is -0.497 e. The Morgan fingerprint density at radius 3 is 2.32 bits per heavy atom. The minimum atomic E-state index is -0.580. The molecule has 0 saturated heterocycles. The van der Waals surface area contributed by atoms with Gasteiger partial charge >= 0.3 is 5.97 Å². The lowest BCUT2D eigenvalue weighted by molar-refractivity contribution is -0.128. The van der Waals surface area contributed by atoms with Gasteiger partial charge < -0.3 is 14.8 Å². The van der Waals surface area contributed by atoms with Crippen molar-refractivity contribution in [1.82, 2.24) is 5.43 Å². The van der Waals surface area contributed by atoms with E-state index in [1.54, 1.807) is 60.7 Å². The molecule has 0 aliphatic heterocycles. The number of methoxy groups -OCH3 is 1. The summed E-state index contributed by atoms with van der Waals surface area (Å²) in [7, 11) is 1.52. The van der Waals surface area contributed by atoms with Gasteiger partial charge in [-0.25, -0.2) is 10.2 Å². The first-order chi connectivity index (χ1) is 19.8. The second-order valence-electron chi connectivity index (χ2n) is 8.44. The van der Waals surface area contributed by atoms with Crippen molar-refractivity contribution in [3.05, 3.63) is 128 Å². The third kappa shape index (κ3) is 8.47. The van der Waals surface area contributed by atoms with E-state index in [9.17, 15) is 14.4 Å². The molecule has 4 aromatic carbocycles. The Morgan fingerprint density at radius 1 is 0.829 bits per heavy atom. The zero-order valence-corrected chi connectivity index (χ0v) is 24.8. The average molecular weight is 677 g/mol. The molecule has 0 unspecified atom stereocenters. The van der Waals surface area contributed by atoms with E-state index in [4.69, 9.17) is 9.47 Å². The van der Waals surface area contributed by atoms with Gasteiger partial charge in [0.15, 0.2) is 5.75 Å². The maximum atomic E-state index is 12.8. The Kier molecular flexibility index (Phi) is 10.2. The van der Waals surface area contributed by atoms with Crippen molar-refractivity contribution in [1.29, 1.82) is 0 Å². The SMILES string of the molecule is COc1cccc(C(=O)Nc2cccc(C(=O)NN=Cc3cc(Br)cc(Br)c3OC(=O)/C=C/c3ccccc3)c2)c1. The van der Waals surface area contributed by atoms with Crippen LogP contribution in [0.15, 0.2) is 111 Å². The zero-order valence-electron chi connectivity index (χ0n) is 21.6. The number of benzene rings is 4. The summed E-state index contributed by atoms with van der Waals surface area (Å²) in [5.74, 6) is -0.639. The normalized spacial score (nSPS) is 10.9. The van der Waals surface area contributed by atoms with E-state index in [0.717, 1.165) is 5.56 Å². The van der Waals surface area contributed by atoms with Crippen molar-refractivity contribution in [2.45, 2.75) is 0 Å². The van der Waals surface area contributed by atoms with Gasteiger partial charge in [-0.15, -0.1) is 0 Å². The summed E-state index contributed by atoms with van der Waals surface area (Å²) in [5, 5.41) is 6.81. The summed E-state index contributed by atoms with van der Waals surface area (Å²) in [5.41, 5.74) is 4.87. The summed E-state index contributed by atoms with van der Waals surface area (Å²) >= 11 is 6.82. The number of amides is 2. The summed E-state index contributed by atoms with van der Waals surface area (Å²) in [4.78, 5) is 37.9. The fraction of sp³-hybridized carbons (Fsp3) is 0.0323. The van der Waals surface area contributed by atoms with Crippen LogP contribution >= 0.6 is 31.9 Å². The van der Waals surface area contributed by atoms with Gasteiger partial charge in [0.25, 0.3) is 11.8 Å². The lowest BCUT2D eigenvalue weighted by Crippen LogP contribution is -2.18. The van der Waals surface area contributed by atoms with Crippen LogP contribution in [0.25, 0.3) is 6.08 Å². The molecule has 0 fully saturated rings. The molecule has 10 heteroatoms. The number of ether oxygens (including phenoxy) is 2. The number of hydrogen-bond donors (Lipinski definition) is 2. The van der Waals surface area contributed by atoms with Gasteiger partial charge in [-0.2, -0.15) is 5.10 Å². The number of nitrogens with one attached hydrogen (secondary N) is 2. The second-order valence-corrected chi connectivity index (χ2v) is 10.2. The summed E-state index contributed by atoms with van der Waals surface area (Å²) < 4.78 is 11.9. The van der Waals surface area contributed by atoms with Crippen molar-refractivity contribution < 1.29 is 23.9 Å². The van der Waals surface area contributed by atoms with Crippen LogP contribution in [0.4, 0.5) is 5.69 Å². The molecule has 206 valence electrons. The van der Waals surface area contributed by atoms with Gasteiger partial charge in [-0.05, 0) is 76.1 Å². The van der Waals surface area contributed by atoms with Crippen molar-refractivity contribution in [3.63, 3.8) is 0 Å². The third-order valence-corrected chi connectivity index (χ3v) is 6.58. The number of hydrazone groups is 1. The molecule has 0 spiro atoms. The summed E-state index contributed by atoms with van der Waals surface area (Å²) in [6, 6.07) is 25.9. The molecule has 8 nitrogen and oxygen atoms in total. The van der Waals surface area contributed by atoms with Gasteiger partial charge in [0.05, 0.1) is 17.8 Å². The fourth-order valence-corrected chi connectivity index (χ4v) is 4.92. The first kappa shape index (κ1) is 29.4. The van der Waals surface area contributed by atoms with Gasteiger partial charge in [-0.3, -0.25) is 9.59 Å². The summed E-state index contributed by atoms with van der Waals surface area (Å²) in [6.45, 7) is 0. The van der Waals surface area contributed by atoms with E-state index in [1.165, 1.54) is 25.5 Å². The Bertz CT molecular complexity index is 1640. The molecule has 4 aromatic rings. The number of carbonyl (C=O) groups excluding carboxylic acids is 3. The average Bonchev–Trinajstić information content (AvgIpc) is 2.98. The lowest BCUT2D eigenvalue weighted by Gasteiger charge is -2.09. The highest BCUT2D eigenvalue weighted by Crippen LogP contribution is 2.32. The molecule has 0 bridgehead atoms. The van der Waals surface area contributed by atoms with Crippen LogP contribution in [-0.4, -0.2) is 31.1 Å². The highest BCUT2D eigenvalue weighted by molar-refractivity contribution is 9.11. The Hall–Kier alpha value is -4.54. The van der Waals surface area contributed by atoms with Gasteiger partial charge in [-0.1, -0.05) is 58.4 Å². The molecule has 2 amide bonds. The molecule has 0 aliphatic carbocycles. The maximum Gasteiger partial charge on any atom is 0.336 e.